The molecule has 0 fully saturated rings. The third-order valence-corrected chi connectivity index (χ3v) is 2.49. The Morgan fingerprint density at radius 2 is 1.79 bits per heavy atom. The van der Waals surface area contributed by atoms with Crippen molar-refractivity contribution in [1.29, 1.82) is 0 Å². The van der Waals surface area contributed by atoms with Crippen LogP contribution in [0.4, 0.5) is 13.2 Å². The van der Waals surface area contributed by atoms with Gasteiger partial charge in [-0.3, -0.25) is 4.79 Å². The van der Waals surface area contributed by atoms with E-state index in [1.807, 2.05) is 0 Å². The van der Waals surface area contributed by atoms with Crippen LogP contribution in [0.5, 0.6) is 0 Å². The molecule has 0 saturated carbocycles. The summed E-state index contributed by atoms with van der Waals surface area (Å²) in [6.45, 7) is 3.15. The lowest BCUT2D eigenvalue weighted by Gasteiger charge is -2.22. The molecule has 1 unspecified atom stereocenters. The molecule has 84 valence electrons. The smallest absolute Gasteiger partial charge is 0.389 e. The minimum absolute atomic E-state index is 0.0678. The van der Waals surface area contributed by atoms with E-state index < -0.39 is 24.0 Å². The number of rotatable bonds is 5. The lowest BCUT2D eigenvalue weighted by Crippen LogP contribution is -2.27. The molecular formula is C9H15F3O2. The number of aliphatic carboxylic acids is 1. The minimum atomic E-state index is -4.19. The summed E-state index contributed by atoms with van der Waals surface area (Å²) < 4.78 is 35.4. The Bertz CT molecular complexity index is 201. The summed E-state index contributed by atoms with van der Waals surface area (Å²) in [6.07, 6.45) is -4.80. The molecule has 0 aliphatic carbocycles. The molecule has 0 amide bonds. The first kappa shape index (κ1) is 13.3. The first-order valence-corrected chi connectivity index (χ1v) is 4.51. The molecule has 2 nitrogen and oxygen atoms in total. The number of hydrogen-bond acceptors (Lipinski definition) is 1. The van der Waals surface area contributed by atoms with Crippen molar-refractivity contribution in [2.24, 2.45) is 5.41 Å². The van der Waals surface area contributed by atoms with Gasteiger partial charge >= 0.3 is 12.1 Å². The van der Waals surface area contributed by atoms with Gasteiger partial charge in [0.1, 0.15) is 0 Å². The van der Waals surface area contributed by atoms with Crippen molar-refractivity contribution in [3.05, 3.63) is 0 Å². The van der Waals surface area contributed by atoms with E-state index in [4.69, 9.17) is 5.11 Å². The van der Waals surface area contributed by atoms with Crippen molar-refractivity contribution >= 4 is 5.97 Å². The zero-order chi connectivity index (χ0) is 11.4. The molecule has 0 heterocycles. The molecule has 0 aromatic heterocycles. The third kappa shape index (κ3) is 4.48. The molecular weight excluding hydrogens is 197 g/mol. The van der Waals surface area contributed by atoms with E-state index in [1.165, 1.54) is 6.92 Å². The summed E-state index contributed by atoms with van der Waals surface area (Å²) in [6, 6.07) is 0. The van der Waals surface area contributed by atoms with Crippen LogP contribution in [0.25, 0.3) is 0 Å². The zero-order valence-corrected chi connectivity index (χ0v) is 8.32. The molecule has 0 aromatic carbocycles. The van der Waals surface area contributed by atoms with Gasteiger partial charge in [0.05, 0.1) is 5.41 Å². The van der Waals surface area contributed by atoms with Gasteiger partial charge in [0.2, 0.25) is 0 Å². The van der Waals surface area contributed by atoms with Crippen molar-refractivity contribution in [2.45, 2.75) is 45.7 Å². The summed E-state index contributed by atoms with van der Waals surface area (Å²) in [4.78, 5) is 10.7. The predicted octanol–water partition coefficient (Wildman–Crippen LogP) is 3.22. The molecule has 0 bridgehead atoms. The maximum Gasteiger partial charge on any atom is 0.389 e. The molecule has 0 aliphatic heterocycles. The van der Waals surface area contributed by atoms with Crippen molar-refractivity contribution in [1.82, 2.24) is 0 Å². The molecule has 1 atom stereocenters. The van der Waals surface area contributed by atoms with E-state index in [2.05, 4.69) is 0 Å². The summed E-state index contributed by atoms with van der Waals surface area (Å²) in [5.41, 5.74) is -1.02. The second-order valence-electron chi connectivity index (χ2n) is 3.69. The molecule has 1 N–H and O–H groups in total. The van der Waals surface area contributed by atoms with Gasteiger partial charge in [0.25, 0.3) is 0 Å². The Kier molecular flexibility index (Phi) is 4.42. The normalized spacial score (nSPS) is 16.4. The van der Waals surface area contributed by atoms with Crippen molar-refractivity contribution < 1.29 is 23.1 Å². The van der Waals surface area contributed by atoms with Crippen LogP contribution in [0, 0.1) is 5.41 Å². The minimum Gasteiger partial charge on any atom is -0.481 e. The maximum absolute atomic E-state index is 11.8. The molecule has 0 saturated heterocycles. The van der Waals surface area contributed by atoms with Crippen LogP contribution in [0.1, 0.15) is 39.5 Å². The average molecular weight is 212 g/mol. The van der Waals surface area contributed by atoms with Crippen LogP contribution in [-0.2, 0) is 4.79 Å². The maximum atomic E-state index is 11.8. The van der Waals surface area contributed by atoms with Crippen molar-refractivity contribution in [3.63, 3.8) is 0 Å². The highest BCUT2D eigenvalue weighted by atomic mass is 19.4. The van der Waals surface area contributed by atoms with Gasteiger partial charge in [-0.05, 0) is 26.2 Å². The highest BCUT2D eigenvalue weighted by molar-refractivity contribution is 5.73. The van der Waals surface area contributed by atoms with Crippen LogP contribution in [0.15, 0.2) is 0 Å². The third-order valence-electron chi connectivity index (χ3n) is 2.49. The monoisotopic (exact) mass is 212 g/mol. The summed E-state index contributed by atoms with van der Waals surface area (Å²) >= 11 is 0. The summed E-state index contributed by atoms with van der Waals surface area (Å²) in [7, 11) is 0. The lowest BCUT2D eigenvalue weighted by atomic mass is 9.82. The largest absolute Gasteiger partial charge is 0.481 e. The molecule has 5 heteroatoms. The van der Waals surface area contributed by atoms with Crippen LogP contribution in [0.2, 0.25) is 0 Å². The Morgan fingerprint density at radius 1 is 1.29 bits per heavy atom. The van der Waals surface area contributed by atoms with Gasteiger partial charge in [-0.1, -0.05) is 6.92 Å². The number of carboxylic acids is 1. The Balaban J connectivity index is 4.04. The summed E-state index contributed by atoms with van der Waals surface area (Å²) in [5.74, 6) is -1.03. The van der Waals surface area contributed by atoms with Crippen molar-refractivity contribution in [2.75, 3.05) is 0 Å². The fourth-order valence-corrected chi connectivity index (χ4v) is 1.11. The van der Waals surface area contributed by atoms with E-state index in [1.54, 1.807) is 6.92 Å². The number of carboxylic acid groups (broad SMARTS) is 1. The molecule has 14 heavy (non-hydrogen) atoms. The Labute approximate surface area is 81.1 Å². The second-order valence-corrected chi connectivity index (χ2v) is 3.69. The van der Waals surface area contributed by atoms with E-state index in [9.17, 15) is 18.0 Å². The van der Waals surface area contributed by atoms with Crippen LogP contribution < -0.4 is 0 Å². The molecule has 0 aromatic rings. The fourth-order valence-electron chi connectivity index (χ4n) is 1.11. The number of alkyl halides is 3. The molecule has 0 rings (SSSR count). The van der Waals surface area contributed by atoms with Gasteiger partial charge in [-0.15, -0.1) is 0 Å². The van der Waals surface area contributed by atoms with E-state index in [0.29, 0.717) is 6.42 Å². The van der Waals surface area contributed by atoms with Crippen LogP contribution >= 0.6 is 0 Å². The molecule has 0 spiro atoms. The SMILES string of the molecule is CCC(C)(CCCC(F)(F)F)C(=O)O. The Hall–Kier alpha value is -0.740. The Morgan fingerprint density at radius 3 is 2.07 bits per heavy atom. The zero-order valence-electron chi connectivity index (χ0n) is 8.32. The number of carbonyl (C=O) groups is 1. The van der Waals surface area contributed by atoms with Crippen LogP contribution in [0.3, 0.4) is 0 Å². The second kappa shape index (κ2) is 4.66. The van der Waals surface area contributed by atoms with E-state index in [-0.39, 0.29) is 12.8 Å². The number of halogens is 3. The predicted molar refractivity (Wildman–Crippen MR) is 45.9 cm³/mol. The van der Waals surface area contributed by atoms with Crippen molar-refractivity contribution in [3.8, 4) is 0 Å². The van der Waals surface area contributed by atoms with E-state index >= 15 is 0 Å². The summed E-state index contributed by atoms with van der Waals surface area (Å²) in [5, 5.41) is 8.78. The number of hydrogen-bond donors (Lipinski definition) is 1. The first-order chi connectivity index (χ1) is 6.21. The highest BCUT2D eigenvalue weighted by Gasteiger charge is 2.33. The molecule has 0 radical (unpaired) electrons. The first-order valence-electron chi connectivity index (χ1n) is 4.51. The van der Waals surface area contributed by atoms with Gasteiger partial charge < -0.3 is 5.11 Å². The fraction of sp³-hybridized carbons (Fsp3) is 0.889. The topological polar surface area (TPSA) is 37.3 Å². The van der Waals surface area contributed by atoms with Crippen LogP contribution in [-0.4, -0.2) is 17.3 Å². The average Bonchev–Trinajstić information content (AvgIpc) is 2.01. The van der Waals surface area contributed by atoms with Gasteiger partial charge in [0.15, 0.2) is 0 Å². The highest BCUT2D eigenvalue weighted by Crippen LogP contribution is 2.31. The quantitative estimate of drug-likeness (QED) is 0.759. The van der Waals surface area contributed by atoms with Gasteiger partial charge in [0, 0.05) is 6.42 Å². The van der Waals surface area contributed by atoms with E-state index in [0.717, 1.165) is 0 Å². The lowest BCUT2D eigenvalue weighted by molar-refractivity contribution is -0.151. The molecule has 0 aliphatic rings. The van der Waals surface area contributed by atoms with Gasteiger partial charge in [-0.2, -0.15) is 13.2 Å². The van der Waals surface area contributed by atoms with Gasteiger partial charge in [-0.25, -0.2) is 0 Å². The standard InChI is InChI=1S/C9H15F3O2/c1-3-8(2,7(13)14)5-4-6-9(10,11)12/h3-6H2,1-2H3,(H,13,14).